The van der Waals surface area contributed by atoms with E-state index in [9.17, 15) is 0 Å². The minimum Gasteiger partial charge on any atom is -0.480 e. The first-order chi connectivity index (χ1) is 7.65. The fraction of sp³-hybridized carbons (Fsp3) is 0.200. The second kappa shape index (κ2) is 4.31. The van der Waals surface area contributed by atoms with E-state index in [4.69, 9.17) is 32.7 Å². The van der Waals surface area contributed by atoms with Crippen molar-refractivity contribution in [1.29, 1.82) is 0 Å². The standard InChI is InChI=1S/C10H8Cl2N2O2/c1-15-9-8-5(3-6(11)13-9)4-7(12)14-10(8)16-2/h3-4H,1-2H3. The van der Waals surface area contributed by atoms with E-state index >= 15 is 0 Å². The fourth-order valence-corrected chi connectivity index (χ4v) is 1.84. The van der Waals surface area contributed by atoms with Crippen molar-refractivity contribution in [3.05, 3.63) is 22.4 Å². The van der Waals surface area contributed by atoms with Gasteiger partial charge in [0.2, 0.25) is 11.8 Å². The summed E-state index contributed by atoms with van der Waals surface area (Å²) in [6.45, 7) is 0. The highest BCUT2D eigenvalue weighted by Crippen LogP contribution is 2.34. The third-order valence-electron chi connectivity index (χ3n) is 2.07. The van der Waals surface area contributed by atoms with Gasteiger partial charge in [0, 0.05) is 0 Å². The summed E-state index contributed by atoms with van der Waals surface area (Å²) in [7, 11) is 3.01. The van der Waals surface area contributed by atoms with Gasteiger partial charge in [-0.2, -0.15) is 0 Å². The van der Waals surface area contributed by atoms with Gasteiger partial charge in [0.05, 0.1) is 14.2 Å². The topological polar surface area (TPSA) is 44.2 Å². The molecule has 2 aromatic heterocycles. The second-order valence-corrected chi connectivity index (χ2v) is 3.78. The molecule has 0 fully saturated rings. The zero-order valence-electron chi connectivity index (χ0n) is 8.62. The van der Waals surface area contributed by atoms with Gasteiger partial charge in [-0.25, -0.2) is 9.97 Å². The van der Waals surface area contributed by atoms with Crippen LogP contribution in [0.1, 0.15) is 0 Å². The molecule has 0 saturated heterocycles. The van der Waals surface area contributed by atoms with Gasteiger partial charge in [0.25, 0.3) is 0 Å². The van der Waals surface area contributed by atoms with Crippen LogP contribution in [0.4, 0.5) is 0 Å². The number of hydrogen-bond acceptors (Lipinski definition) is 4. The molecule has 0 aliphatic carbocycles. The second-order valence-electron chi connectivity index (χ2n) is 3.01. The highest BCUT2D eigenvalue weighted by atomic mass is 35.5. The Morgan fingerprint density at radius 2 is 1.38 bits per heavy atom. The van der Waals surface area contributed by atoms with Crippen molar-refractivity contribution < 1.29 is 9.47 Å². The molecular formula is C10H8Cl2N2O2. The smallest absolute Gasteiger partial charge is 0.228 e. The lowest BCUT2D eigenvalue weighted by atomic mass is 10.2. The average molecular weight is 259 g/mol. The largest absolute Gasteiger partial charge is 0.480 e. The number of ether oxygens (including phenoxy) is 2. The summed E-state index contributed by atoms with van der Waals surface area (Å²) in [4.78, 5) is 8.08. The number of methoxy groups -OCH3 is 2. The van der Waals surface area contributed by atoms with E-state index in [0.29, 0.717) is 27.5 Å². The summed E-state index contributed by atoms with van der Waals surface area (Å²) < 4.78 is 10.3. The van der Waals surface area contributed by atoms with Crippen LogP contribution in [-0.4, -0.2) is 24.2 Å². The number of aromatic nitrogens is 2. The van der Waals surface area contributed by atoms with Crippen molar-refractivity contribution >= 4 is 34.0 Å². The molecule has 0 aromatic carbocycles. The van der Waals surface area contributed by atoms with Gasteiger partial charge in [-0.3, -0.25) is 0 Å². The van der Waals surface area contributed by atoms with Crippen molar-refractivity contribution in [2.45, 2.75) is 0 Å². The van der Waals surface area contributed by atoms with E-state index in [-0.39, 0.29) is 0 Å². The van der Waals surface area contributed by atoms with Crippen molar-refractivity contribution in [2.75, 3.05) is 14.2 Å². The average Bonchev–Trinajstić information content (AvgIpc) is 2.26. The Kier molecular flexibility index (Phi) is 3.03. The van der Waals surface area contributed by atoms with Gasteiger partial charge in [-0.1, -0.05) is 23.2 Å². The van der Waals surface area contributed by atoms with E-state index in [2.05, 4.69) is 9.97 Å². The summed E-state index contributed by atoms with van der Waals surface area (Å²) >= 11 is 11.7. The van der Waals surface area contributed by atoms with Crippen molar-refractivity contribution in [3.8, 4) is 11.8 Å². The van der Waals surface area contributed by atoms with E-state index in [1.165, 1.54) is 14.2 Å². The Balaban J connectivity index is 2.87. The van der Waals surface area contributed by atoms with Gasteiger partial charge < -0.3 is 9.47 Å². The van der Waals surface area contributed by atoms with Crippen molar-refractivity contribution in [1.82, 2.24) is 9.97 Å². The normalized spacial score (nSPS) is 10.5. The molecule has 0 aliphatic rings. The number of pyridine rings is 2. The molecule has 4 nitrogen and oxygen atoms in total. The molecular weight excluding hydrogens is 251 g/mol. The van der Waals surface area contributed by atoms with Gasteiger partial charge in [-0.15, -0.1) is 0 Å². The molecule has 0 radical (unpaired) electrons. The van der Waals surface area contributed by atoms with Crippen LogP contribution >= 0.6 is 23.2 Å². The van der Waals surface area contributed by atoms with E-state index in [1.54, 1.807) is 12.1 Å². The van der Waals surface area contributed by atoms with Crippen molar-refractivity contribution in [2.24, 2.45) is 0 Å². The summed E-state index contributed by atoms with van der Waals surface area (Å²) in [5.74, 6) is 0.729. The minimum absolute atomic E-state index is 0.327. The molecule has 0 spiro atoms. The molecule has 0 unspecified atom stereocenters. The van der Waals surface area contributed by atoms with Crippen molar-refractivity contribution in [3.63, 3.8) is 0 Å². The third-order valence-corrected chi connectivity index (χ3v) is 2.46. The summed E-state index contributed by atoms with van der Waals surface area (Å²) in [5, 5.41) is 2.08. The number of halogens is 2. The molecule has 16 heavy (non-hydrogen) atoms. The monoisotopic (exact) mass is 258 g/mol. The maximum Gasteiger partial charge on any atom is 0.228 e. The van der Waals surface area contributed by atoms with Crippen LogP contribution in [0.25, 0.3) is 10.8 Å². The molecule has 6 heteroatoms. The van der Waals surface area contributed by atoms with Gasteiger partial charge in [-0.05, 0) is 17.5 Å². The zero-order chi connectivity index (χ0) is 11.7. The minimum atomic E-state index is 0.327. The molecule has 0 amide bonds. The molecule has 2 aromatic rings. The summed E-state index contributed by atoms with van der Waals surface area (Å²) in [6.07, 6.45) is 0. The molecule has 0 saturated carbocycles. The molecule has 84 valence electrons. The molecule has 0 bridgehead atoms. The van der Waals surface area contributed by atoms with Crippen LogP contribution in [-0.2, 0) is 0 Å². The molecule has 0 N–H and O–H groups in total. The number of hydrogen-bond donors (Lipinski definition) is 0. The lowest BCUT2D eigenvalue weighted by Gasteiger charge is -2.09. The lowest BCUT2D eigenvalue weighted by molar-refractivity contribution is 0.387. The number of rotatable bonds is 2. The van der Waals surface area contributed by atoms with Gasteiger partial charge >= 0.3 is 0 Å². The predicted molar refractivity (Wildman–Crippen MR) is 62.7 cm³/mol. The highest BCUT2D eigenvalue weighted by molar-refractivity contribution is 6.31. The predicted octanol–water partition coefficient (Wildman–Crippen LogP) is 2.95. The SMILES string of the molecule is COc1nc(Cl)cc2cc(Cl)nc(OC)c12. The Hall–Kier alpha value is -1.26. The first-order valence-electron chi connectivity index (χ1n) is 4.40. The van der Waals surface area contributed by atoms with E-state index < -0.39 is 0 Å². The Morgan fingerprint density at radius 3 is 1.75 bits per heavy atom. The van der Waals surface area contributed by atoms with E-state index in [1.807, 2.05) is 0 Å². The maximum atomic E-state index is 5.86. The molecule has 2 rings (SSSR count). The lowest BCUT2D eigenvalue weighted by Crippen LogP contribution is -1.95. The van der Waals surface area contributed by atoms with Gasteiger partial charge in [0.1, 0.15) is 15.7 Å². The van der Waals surface area contributed by atoms with Gasteiger partial charge in [0.15, 0.2) is 0 Å². The van der Waals surface area contributed by atoms with Crippen LogP contribution in [0.15, 0.2) is 12.1 Å². The summed E-state index contributed by atoms with van der Waals surface area (Å²) in [6, 6.07) is 3.35. The van der Waals surface area contributed by atoms with Crippen LogP contribution in [0.5, 0.6) is 11.8 Å². The van der Waals surface area contributed by atoms with Crippen LogP contribution < -0.4 is 9.47 Å². The highest BCUT2D eigenvalue weighted by Gasteiger charge is 2.13. The third kappa shape index (κ3) is 1.86. The Morgan fingerprint density at radius 1 is 0.938 bits per heavy atom. The Bertz CT molecular complexity index is 501. The first-order valence-corrected chi connectivity index (χ1v) is 5.16. The van der Waals surface area contributed by atoms with Crippen LogP contribution in [0.2, 0.25) is 10.3 Å². The molecule has 2 heterocycles. The first kappa shape index (κ1) is 11.2. The van der Waals surface area contributed by atoms with Crippen LogP contribution in [0, 0.1) is 0 Å². The zero-order valence-corrected chi connectivity index (χ0v) is 10.1. The summed E-state index contributed by atoms with van der Waals surface area (Å²) in [5.41, 5.74) is 0. The number of fused-ring (bicyclic) bond motifs is 1. The number of nitrogens with zero attached hydrogens (tertiary/aromatic N) is 2. The fourth-order valence-electron chi connectivity index (χ4n) is 1.45. The van der Waals surface area contributed by atoms with E-state index in [0.717, 1.165) is 5.39 Å². The maximum absolute atomic E-state index is 5.86. The quantitative estimate of drug-likeness (QED) is 0.778. The molecule has 0 aliphatic heterocycles. The van der Waals surface area contributed by atoms with Crippen LogP contribution in [0.3, 0.4) is 0 Å². The molecule has 0 atom stereocenters. The Labute approximate surface area is 102 Å².